The van der Waals surface area contributed by atoms with E-state index in [4.69, 9.17) is 35.3 Å². The smallest absolute Gasteiger partial charge is 0.234 e. The van der Waals surface area contributed by atoms with E-state index in [1.54, 1.807) is 12.1 Å². The summed E-state index contributed by atoms with van der Waals surface area (Å²) in [7, 11) is 0. The molecule has 2 aliphatic heterocycles. The van der Waals surface area contributed by atoms with Gasteiger partial charge < -0.3 is 23.7 Å². The normalized spacial score (nSPS) is 17.3. The van der Waals surface area contributed by atoms with Crippen molar-refractivity contribution < 1.29 is 28.5 Å². The SMILES string of the molecule is O=C(Cc1ccc(Oc2ncnc3cc(OCCCN4CCOCC4)c4c(c23)OCCO4)cc1Cl)CC1CC1. The third kappa shape index (κ3) is 6.37. The van der Waals surface area contributed by atoms with Crippen molar-refractivity contribution in [2.45, 2.75) is 32.1 Å². The maximum Gasteiger partial charge on any atom is 0.234 e. The Morgan fingerprint density at radius 3 is 2.67 bits per heavy atom. The van der Waals surface area contributed by atoms with Gasteiger partial charge in [-0.2, -0.15) is 0 Å². The van der Waals surface area contributed by atoms with Gasteiger partial charge in [0.25, 0.3) is 0 Å². The Kier molecular flexibility index (Phi) is 7.99. The number of hydrogen-bond donors (Lipinski definition) is 0. The molecule has 3 aliphatic rings. The molecule has 0 bridgehead atoms. The van der Waals surface area contributed by atoms with Gasteiger partial charge in [0.2, 0.25) is 11.6 Å². The van der Waals surface area contributed by atoms with Gasteiger partial charge in [-0.25, -0.2) is 9.97 Å². The summed E-state index contributed by atoms with van der Waals surface area (Å²) in [5, 5.41) is 1.09. The minimum atomic E-state index is 0.220. The number of aromatic nitrogens is 2. The minimum Gasteiger partial charge on any atom is -0.489 e. The molecule has 0 N–H and O–H groups in total. The van der Waals surface area contributed by atoms with E-state index in [0.717, 1.165) is 57.7 Å². The van der Waals surface area contributed by atoms with E-state index in [0.29, 0.717) is 83.4 Å². The van der Waals surface area contributed by atoms with Crippen molar-refractivity contribution in [1.29, 1.82) is 0 Å². The van der Waals surface area contributed by atoms with E-state index < -0.39 is 0 Å². The first-order valence-corrected chi connectivity index (χ1v) is 14.0. The largest absolute Gasteiger partial charge is 0.489 e. The Morgan fingerprint density at radius 1 is 1.05 bits per heavy atom. The van der Waals surface area contributed by atoms with Crippen molar-refractivity contribution in [1.82, 2.24) is 14.9 Å². The molecule has 1 aliphatic carbocycles. The van der Waals surface area contributed by atoms with Gasteiger partial charge in [0.05, 0.1) is 25.3 Å². The van der Waals surface area contributed by atoms with Crippen LogP contribution in [-0.4, -0.2) is 73.3 Å². The molecule has 206 valence electrons. The summed E-state index contributed by atoms with van der Waals surface area (Å²) in [6, 6.07) is 7.19. The van der Waals surface area contributed by atoms with Gasteiger partial charge in [-0.15, -0.1) is 0 Å². The van der Waals surface area contributed by atoms with Crippen LogP contribution in [-0.2, 0) is 16.0 Å². The highest BCUT2D eigenvalue weighted by atomic mass is 35.5. The molecule has 6 rings (SSSR count). The highest BCUT2D eigenvalue weighted by Crippen LogP contribution is 2.48. The summed E-state index contributed by atoms with van der Waals surface area (Å²) in [5.74, 6) is 3.24. The third-order valence-corrected chi connectivity index (χ3v) is 7.51. The first-order chi connectivity index (χ1) is 19.1. The van der Waals surface area contributed by atoms with Crippen LogP contribution in [0.1, 0.15) is 31.2 Å². The lowest BCUT2D eigenvalue weighted by atomic mass is 10.0. The predicted molar refractivity (Wildman–Crippen MR) is 145 cm³/mol. The number of ketones is 1. The molecular weight excluding hydrogens is 522 g/mol. The quantitative estimate of drug-likeness (QED) is 0.309. The molecule has 39 heavy (non-hydrogen) atoms. The summed E-state index contributed by atoms with van der Waals surface area (Å²) < 4.78 is 29.7. The Hall–Kier alpha value is -3.14. The maximum absolute atomic E-state index is 12.3. The predicted octanol–water partition coefficient (Wildman–Crippen LogP) is 4.86. The molecule has 0 amide bonds. The molecule has 3 heterocycles. The summed E-state index contributed by atoms with van der Waals surface area (Å²) in [4.78, 5) is 23.5. The number of carbonyl (C=O) groups excluding carboxylic acids is 1. The van der Waals surface area contributed by atoms with Gasteiger partial charge in [0, 0.05) is 43.6 Å². The number of Topliss-reactive ketones (excluding diaryl/α,β-unsaturated/α-hetero) is 1. The van der Waals surface area contributed by atoms with Crippen LogP contribution in [0, 0.1) is 5.92 Å². The van der Waals surface area contributed by atoms with Crippen LogP contribution in [0.15, 0.2) is 30.6 Å². The third-order valence-electron chi connectivity index (χ3n) is 7.16. The Labute approximate surface area is 232 Å². The van der Waals surface area contributed by atoms with Crippen LogP contribution in [0.5, 0.6) is 28.9 Å². The van der Waals surface area contributed by atoms with Gasteiger partial charge in [-0.05, 0) is 42.9 Å². The number of carbonyl (C=O) groups is 1. The molecule has 2 aromatic carbocycles. The van der Waals surface area contributed by atoms with Gasteiger partial charge >= 0.3 is 0 Å². The molecule has 1 saturated heterocycles. The Balaban J connectivity index is 1.19. The molecule has 1 aromatic heterocycles. The summed E-state index contributed by atoms with van der Waals surface area (Å²) in [6.45, 7) is 5.78. The summed E-state index contributed by atoms with van der Waals surface area (Å²) in [5.41, 5.74) is 1.42. The van der Waals surface area contributed by atoms with Crippen LogP contribution in [0.4, 0.5) is 0 Å². The lowest BCUT2D eigenvalue weighted by Gasteiger charge is -2.26. The van der Waals surface area contributed by atoms with Crippen molar-refractivity contribution in [2.75, 3.05) is 52.7 Å². The van der Waals surface area contributed by atoms with Crippen LogP contribution in [0.2, 0.25) is 5.02 Å². The average Bonchev–Trinajstić information content (AvgIpc) is 3.77. The molecule has 0 unspecified atom stereocenters. The van der Waals surface area contributed by atoms with Gasteiger partial charge in [-0.3, -0.25) is 9.69 Å². The number of halogens is 1. The second-order valence-electron chi connectivity index (χ2n) is 10.2. The van der Waals surface area contributed by atoms with E-state index in [2.05, 4.69) is 14.9 Å². The Bertz CT molecular complexity index is 1340. The molecule has 9 nitrogen and oxygen atoms in total. The fraction of sp³-hybridized carbons (Fsp3) is 0.483. The van der Waals surface area contributed by atoms with Crippen molar-refractivity contribution in [2.24, 2.45) is 5.92 Å². The lowest BCUT2D eigenvalue weighted by Crippen LogP contribution is -2.37. The molecule has 1 saturated carbocycles. The summed E-state index contributed by atoms with van der Waals surface area (Å²) >= 11 is 6.52. The van der Waals surface area contributed by atoms with E-state index in [-0.39, 0.29) is 5.78 Å². The van der Waals surface area contributed by atoms with Crippen molar-refractivity contribution in [3.05, 3.63) is 41.2 Å². The zero-order chi connectivity index (χ0) is 26.6. The highest BCUT2D eigenvalue weighted by Gasteiger charge is 2.26. The molecule has 10 heteroatoms. The monoisotopic (exact) mass is 553 g/mol. The number of benzene rings is 2. The average molecular weight is 554 g/mol. The zero-order valence-corrected chi connectivity index (χ0v) is 22.6. The van der Waals surface area contributed by atoms with E-state index >= 15 is 0 Å². The first-order valence-electron chi connectivity index (χ1n) is 13.6. The molecule has 3 aromatic rings. The lowest BCUT2D eigenvalue weighted by molar-refractivity contribution is -0.118. The number of fused-ring (bicyclic) bond motifs is 3. The second-order valence-corrected chi connectivity index (χ2v) is 10.6. The number of nitrogens with zero attached hydrogens (tertiary/aromatic N) is 3. The Morgan fingerprint density at radius 2 is 1.87 bits per heavy atom. The van der Waals surface area contributed by atoms with E-state index in [1.807, 2.05) is 12.1 Å². The number of rotatable bonds is 11. The van der Waals surface area contributed by atoms with Gasteiger partial charge in [-0.1, -0.05) is 17.7 Å². The van der Waals surface area contributed by atoms with Gasteiger partial charge in [0.15, 0.2) is 11.5 Å². The van der Waals surface area contributed by atoms with Crippen LogP contribution < -0.4 is 18.9 Å². The number of ether oxygens (including phenoxy) is 5. The van der Waals surface area contributed by atoms with Crippen molar-refractivity contribution >= 4 is 28.3 Å². The molecule has 0 atom stereocenters. The highest BCUT2D eigenvalue weighted by molar-refractivity contribution is 6.31. The fourth-order valence-electron chi connectivity index (χ4n) is 4.94. The van der Waals surface area contributed by atoms with Crippen LogP contribution in [0.25, 0.3) is 10.9 Å². The molecule has 0 spiro atoms. The van der Waals surface area contributed by atoms with Gasteiger partial charge in [0.1, 0.15) is 36.5 Å². The standard InChI is InChI=1S/C29H32ClN3O6/c30-23-16-22(5-4-20(23)15-21(34)14-19-2-3-19)39-29-26-24(31-18-32-29)17-25(27-28(26)38-13-12-37-27)36-9-1-6-33-7-10-35-11-8-33/h4-5,16-19H,1-3,6-15H2. The fourth-order valence-corrected chi connectivity index (χ4v) is 5.17. The van der Waals surface area contributed by atoms with Crippen LogP contribution in [0.3, 0.4) is 0 Å². The molecule has 2 fully saturated rings. The zero-order valence-electron chi connectivity index (χ0n) is 21.8. The number of hydrogen-bond acceptors (Lipinski definition) is 9. The molecule has 0 radical (unpaired) electrons. The van der Waals surface area contributed by atoms with E-state index in [1.165, 1.54) is 6.33 Å². The van der Waals surface area contributed by atoms with E-state index in [9.17, 15) is 4.79 Å². The second kappa shape index (κ2) is 11.9. The molecular formula is C29H32ClN3O6. The minimum absolute atomic E-state index is 0.220. The summed E-state index contributed by atoms with van der Waals surface area (Å²) in [6.07, 6.45) is 5.60. The maximum atomic E-state index is 12.3. The van der Waals surface area contributed by atoms with Crippen molar-refractivity contribution in [3.63, 3.8) is 0 Å². The topological polar surface area (TPSA) is 92.2 Å². The van der Waals surface area contributed by atoms with Crippen molar-refractivity contribution in [3.8, 4) is 28.9 Å². The van der Waals surface area contributed by atoms with Crippen LogP contribution >= 0.6 is 11.6 Å². The number of morpholine rings is 1. The first kappa shape index (κ1) is 26.1.